The molecule has 16 heteroatoms. The van der Waals surface area contributed by atoms with Crippen LogP contribution in [-0.4, -0.2) is 114 Å². The minimum absolute atomic E-state index is 0.0638. The van der Waals surface area contributed by atoms with Crippen molar-refractivity contribution in [3.05, 3.63) is 113 Å². The number of rotatable bonds is 14. The second-order valence-electron chi connectivity index (χ2n) is 19.1. The second-order valence-corrected chi connectivity index (χ2v) is 19.1. The van der Waals surface area contributed by atoms with E-state index in [0.717, 1.165) is 0 Å². The highest BCUT2D eigenvalue weighted by Gasteiger charge is 2.68. The van der Waals surface area contributed by atoms with Crippen molar-refractivity contribution in [1.82, 2.24) is 5.32 Å². The molecule has 3 N–H and O–H groups in total. The lowest BCUT2D eigenvalue weighted by molar-refractivity contribution is -0.331. The molecule has 7 rings (SSSR count). The molecule has 3 aromatic carbocycles. The average molecular weight is 956 g/mol. The van der Waals surface area contributed by atoms with Crippen molar-refractivity contribution in [2.24, 2.45) is 17.8 Å². The third-order valence-corrected chi connectivity index (χ3v) is 14.1. The third kappa shape index (κ3) is 10.9. The van der Waals surface area contributed by atoms with Crippen molar-refractivity contribution in [2.75, 3.05) is 13.7 Å². The minimum Gasteiger partial charge on any atom is -0.497 e. The Morgan fingerprint density at radius 3 is 2.07 bits per heavy atom. The molecule has 2 saturated heterocycles. The van der Waals surface area contributed by atoms with Crippen molar-refractivity contribution in [3.63, 3.8) is 0 Å². The number of ether oxygens (including phenoxy) is 8. The summed E-state index contributed by atoms with van der Waals surface area (Å²) < 4.78 is 50.8. The van der Waals surface area contributed by atoms with Gasteiger partial charge in [-0.3, -0.25) is 14.4 Å². The number of fused-ring (bicyclic) bond motifs is 6. The summed E-state index contributed by atoms with van der Waals surface area (Å²) in [5.74, 6) is -5.26. The van der Waals surface area contributed by atoms with Crippen molar-refractivity contribution in [1.29, 1.82) is 0 Å². The van der Waals surface area contributed by atoms with Gasteiger partial charge in [0.05, 0.1) is 31.4 Å². The number of aliphatic hydroxyl groups is 2. The van der Waals surface area contributed by atoms with E-state index in [1.165, 1.54) is 13.8 Å². The Morgan fingerprint density at radius 2 is 1.51 bits per heavy atom. The number of aliphatic hydroxyl groups excluding tert-OH is 1. The van der Waals surface area contributed by atoms with Gasteiger partial charge in [-0.2, -0.15) is 0 Å². The second kappa shape index (κ2) is 21.6. The molecule has 372 valence electrons. The number of hydrogen-bond acceptors (Lipinski definition) is 15. The Balaban J connectivity index is 1.40. The first-order valence-corrected chi connectivity index (χ1v) is 23.8. The highest BCUT2D eigenvalue weighted by molar-refractivity contribution is 5.94. The van der Waals surface area contributed by atoms with Crippen LogP contribution in [0.1, 0.15) is 113 Å². The normalized spacial score (nSPS) is 30.7. The number of amides is 1. The summed E-state index contributed by atoms with van der Waals surface area (Å²) in [6.07, 6.45) is -9.23. The van der Waals surface area contributed by atoms with Crippen molar-refractivity contribution in [2.45, 2.75) is 147 Å². The van der Waals surface area contributed by atoms with E-state index in [9.17, 15) is 34.2 Å². The van der Waals surface area contributed by atoms with Crippen LogP contribution < -0.4 is 10.1 Å². The highest BCUT2D eigenvalue weighted by Crippen LogP contribution is 2.55. The predicted octanol–water partition coefficient (Wildman–Crippen LogP) is 6.36. The van der Waals surface area contributed by atoms with Crippen molar-refractivity contribution in [3.8, 4) is 5.75 Å². The number of benzene rings is 3. The molecule has 4 aliphatic rings. The quantitative estimate of drug-likeness (QED) is 0.0912. The van der Waals surface area contributed by atoms with Gasteiger partial charge in [0, 0.05) is 49.7 Å². The number of carbonyl (C=O) groups is 5. The maximum Gasteiger partial charge on any atom is 0.338 e. The summed E-state index contributed by atoms with van der Waals surface area (Å²) >= 11 is 0. The van der Waals surface area contributed by atoms with Gasteiger partial charge in [-0.15, -0.1) is 0 Å². The van der Waals surface area contributed by atoms with Gasteiger partial charge in [0.15, 0.2) is 18.0 Å². The topological polar surface area (TPSA) is 212 Å². The molecule has 3 fully saturated rings. The Kier molecular flexibility index (Phi) is 16.0. The molecule has 0 spiro atoms. The Labute approximate surface area is 402 Å². The first-order valence-electron chi connectivity index (χ1n) is 23.8. The van der Waals surface area contributed by atoms with Crippen LogP contribution in [0.2, 0.25) is 0 Å². The summed E-state index contributed by atoms with van der Waals surface area (Å²) in [6, 6.07) is 22.6. The maximum absolute atomic E-state index is 14.5. The molecule has 1 amide bonds. The highest BCUT2D eigenvalue weighted by atomic mass is 16.7. The molecule has 2 aliphatic carbocycles. The lowest BCUT2D eigenvalue weighted by atomic mass is 9.58. The molecule has 13 atom stereocenters. The van der Waals surface area contributed by atoms with E-state index in [-0.39, 0.29) is 43.8 Å². The van der Waals surface area contributed by atoms with Crippen LogP contribution in [0.25, 0.3) is 0 Å². The van der Waals surface area contributed by atoms with E-state index in [0.29, 0.717) is 28.0 Å². The zero-order valence-electron chi connectivity index (χ0n) is 40.5. The van der Waals surface area contributed by atoms with E-state index >= 15 is 0 Å². The van der Waals surface area contributed by atoms with Crippen molar-refractivity contribution >= 4 is 29.8 Å². The molecule has 2 aliphatic heterocycles. The molecule has 4 bridgehead atoms. The number of nitrogens with one attached hydrogen (secondary N) is 1. The summed E-state index contributed by atoms with van der Waals surface area (Å²) in [5.41, 5.74) is -1.85. The van der Waals surface area contributed by atoms with E-state index in [1.807, 2.05) is 20.8 Å². The molecule has 1 saturated carbocycles. The summed E-state index contributed by atoms with van der Waals surface area (Å²) in [4.78, 5) is 68.8. The molecule has 0 radical (unpaired) electrons. The van der Waals surface area contributed by atoms with Gasteiger partial charge in [-0.1, -0.05) is 76.2 Å². The zero-order valence-corrected chi connectivity index (χ0v) is 40.5. The van der Waals surface area contributed by atoms with Gasteiger partial charge in [0.2, 0.25) is 0 Å². The Morgan fingerprint density at radius 1 is 0.855 bits per heavy atom. The van der Waals surface area contributed by atoms with Crippen LogP contribution in [0.15, 0.2) is 96.1 Å². The molecular weight excluding hydrogens is 891 g/mol. The molecule has 69 heavy (non-hydrogen) atoms. The zero-order chi connectivity index (χ0) is 49.8. The van der Waals surface area contributed by atoms with E-state index in [4.69, 9.17) is 37.9 Å². The van der Waals surface area contributed by atoms with Crippen LogP contribution in [0, 0.1) is 17.8 Å². The van der Waals surface area contributed by atoms with Gasteiger partial charge in [0.1, 0.15) is 41.9 Å². The lowest BCUT2D eigenvalue weighted by Crippen LogP contribution is -2.74. The largest absolute Gasteiger partial charge is 0.497 e. The number of esters is 4. The smallest absolute Gasteiger partial charge is 0.338 e. The van der Waals surface area contributed by atoms with E-state index in [1.54, 1.807) is 106 Å². The first-order chi connectivity index (χ1) is 32.9. The van der Waals surface area contributed by atoms with Crippen LogP contribution in [0.5, 0.6) is 5.75 Å². The molecule has 2 heterocycles. The molecule has 1 unspecified atom stereocenters. The Hall–Kier alpha value is -5.65. The van der Waals surface area contributed by atoms with Crippen LogP contribution in [-0.2, 0) is 47.5 Å². The Bertz CT molecular complexity index is 2340. The standard InChI is InChI=1S/C53H65NO15/c1-9-41-46(64-32(6)55)44-30(4)42(66-50(60)45(57)40(24-29(2)3)54-48(58)34-16-12-10-13-17-34)27-52(61,31(44)5)47(68-49(59)35-18-14-11-15-19-35)39-25-38(26-43-53(39,28-63-43)69-33(7)56)65-51(67-41)36-20-22-37(62-8)23-21-36/h10-23,29,31,38-43,45-47,51,57,61H,9,24-28H2,1-8H3,(H,54,58)/t31-,38-,39-,40+,41-,42+,43-,45-,46-,47+,51?,52+,53-/m1/s1. The van der Waals surface area contributed by atoms with Gasteiger partial charge < -0.3 is 53.4 Å². The number of methoxy groups -OCH3 is 1. The average Bonchev–Trinajstić information content (AvgIpc) is 3.32. The first kappa shape index (κ1) is 51.2. The fourth-order valence-electron chi connectivity index (χ4n) is 10.6. The van der Waals surface area contributed by atoms with Gasteiger partial charge in [-0.25, -0.2) is 9.59 Å². The van der Waals surface area contributed by atoms with Crippen molar-refractivity contribution < 1.29 is 72.1 Å². The summed E-state index contributed by atoms with van der Waals surface area (Å²) in [7, 11) is 1.55. The molecule has 16 nitrogen and oxygen atoms in total. The monoisotopic (exact) mass is 955 g/mol. The fourth-order valence-corrected chi connectivity index (χ4v) is 10.6. The van der Waals surface area contributed by atoms with Crippen LogP contribution in [0.3, 0.4) is 0 Å². The van der Waals surface area contributed by atoms with E-state index < -0.39 is 114 Å². The third-order valence-electron chi connectivity index (χ3n) is 14.1. The molecule has 0 aromatic heterocycles. The van der Waals surface area contributed by atoms with E-state index in [2.05, 4.69) is 5.32 Å². The number of carbonyl (C=O) groups excluding carboxylic acids is 5. The lowest BCUT2D eigenvalue weighted by Gasteiger charge is -2.60. The molecule has 3 aromatic rings. The molecular formula is C53H65NO15. The van der Waals surface area contributed by atoms with Gasteiger partial charge >= 0.3 is 23.9 Å². The summed E-state index contributed by atoms with van der Waals surface area (Å²) in [6.45, 7) is 11.4. The number of hydrogen-bond donors (Lipinski definition) is 3. The maximum atomic E-state index is 14.5. The van der Waals surface area contributed by atoms with Gasteiger partial charge in [-0.05, 0) is 79.6 Å². The van der Waals surface area contributed by atoms with Crippen LogP contribution in [0.4, 0.5) is 0 Å². The predicted molar refractivity (Wildman–Crippen MR) is 248 cm³/mol. The summed E-state index contributed by atoms with van der Waals surface area (Å²) in [5, 5.41) is 28.5. The minimum atomic E-state index is -2.20. The SMILES string of the molecule is CC[C@H]1OC(c2ccc(OC)cc2)O[C@@H]2C[C@H]([C@H](OC(=O)c3ccccc3)[C@]3(O)C[C@H](OC(=O)[C@H](O)[C@H](CC(C)C)NC(=O)c4ccccc4)C(C)=C([C@H]3C)[C@@H]1OC(C)=O)[C@]1(OC(C)=O)CO[C@@H]1C2. The van der Waals surface area contributed by atoms with Crippen LogP contribution >= 0.6 is 0 Å². The fraction of sp³-hybridized carbons (Fsp3) is 0.528. The van der Waals surface area contributed by atoms with Gasteiger partial charge in [0.25, 0.3) is 5.91 Å².